The Labute approximate surface area is 192 Å². The molecule has 2 aromatic heterocycles. The summed E-state index contributed by atoms with van der Waals surface area (Å²) in [5.74, 6) is 2.24. The number of fused-ring (bicyclic) bond motifs is 1. The number of piperidine rings is 1. The van der Waals surface area contributed by atoms with Gasteiger partial charge in [0.25, 0.3) is 0 Å². The van der Waals surface area contributed by atoms with Crippen LogP contribution in [0.4, 0.5) is 5.82 Å². The fraction of sp³-hybridized carbons (Fsp3) is 0.308. The van der Waals surface area contributed by atoms with Crippen molar-refractivity contribution in [1.82, 2.24) is 19.9 Å². The van der Waals surface area contributed by atoms with Gasteiger partial charge in [0.2, 0.25) is 0 Å². The molecule has 7 heteroatoms. The van der Waals surface area contributed by atoms with Crippen molar-refractivity contribution in [3.8, 4) is 11.4 Å². The van der Waals surface area contributed by atoms with E-state index in [-0.39, 0.29) is 5.97 Å². The van der Waals surface area contributed by atoms with E-state index in [1.807, 2.05) is 30.3 Å². The molecule has 33 heavy (non-hydrogen) atoms. The third-order valence-electron chi connectivity index (χ3n) is 6.13. The number of esters is 1. The number of carbonyl (C=O) groups is 1. The normalized spacial score (nSPS) is 14.5. The first-order valence-corrected chi connectivity index (χ1v) is 11.4. The van der Waals surface area contributed by atoms with Crippen molar-refractivity contribution in [2.45, 2.75) is 32.6 Å². The number of rotatable bonds is 5. The van der Waals surface area contributed by atoms with Gasteiger partial charge in [0.1, 0.15) is 17.2 Å². The Morgan fingerprint density at radius 3 is 2.67 bits per heavy atom. The smallest absolute Gasteiger partial charge is 0.343 e. The zero-order valence-corrected chi connectivity index (χ0v) is 18.9. The summed E-state index contributed by atoms with van der Waals surface area (Å²) in [6.45, 7) is 5.76. The number of imidazole rings is 1. The first kappa shape index (κ1) is 21.1. The number of hydrogen-bond donors (Lipinski definition) is 1. The van der Waals surface area contributed by atoms with Gasteiger partial charge in [0.15, 0.2) is 5.82 Å². The predicted octanol–water partition coefficient (Wildman–Crippen LogP) is 4.89. The van der Waals surface area contributed by atoms with Gasteiger partial charge in [-0.1, -0.05) is 36.4 Å². The quantitative estimate of drug-likeness (QED) is 0.444. The standard InChI is InChI=1S/C26H27N5O2/c1-3-33-26(32)20-16-27-23(18-7-5-4-6-8-18)30-25(20)31-13-11-19(12-14-31)24-28-21-10-9-17(2)15-22(21)29-24/h4-10,15-16,19H,3,11-14H2,1-2H3,(H,28,29). The second kappa shape index (κ2) is 9.02. The van der Waals surface area contributed by atoms with Gasteiger partial charge in [-0.05, 0) is 44.4 Å². The minimum Gasteiger partial charge on any atom is -0.462 e. The fourth-order valence-electron chi connectivity index (χ4n) is 4.39. The molecule has 2 aromatic carbocycles. The number of H-pyrrole nitrogens is 1. The third-order valence-corrected chi connectivity index (χ3v) is 6.13. The second-order valence-electron chi connectivity index (χ2n) is 8.42. The number of hydrogen-bond acceptors (Lipinski definition) is 6. The molecule has 0 amide bonds. The Hall–Kier alpha value is -3.74. The van der Waals surface area contributed by atoms with Gasteiger partial charge in [0.05, 0.1) is 17.6 Å². The average molecular weight is 442 g/mol. The summed E-state index contributed by atoms with van der Waals surface area (Å²) in [5.41, 5.74) is 4.64. The molecule has 7 nitrogen and oxygen atoms in total. The number of nitrogens with zero attached hydrogens (tertiary/aromatic N) is 4. The van der Waals surface area contributed by atoms with Crippen LogP contribution in [0, 0.1) is 6.92 Å². The van der Waals surface area contributed by atoms with Crippen LogP contribution in [-0.4, -0.2) is 45.6 Å². The van der Waals surface area contributed by atoms with Gasteiger partial charge in [-0.25, -0.2) is 19.7 Å². The van der Waals surface area contributed by atoms with E-state index < -0.39 is 0 Å². The van der Waals surface area contributed by atoms with Gasteiger partial charge in [-0.2, -0.15) is 0 Å². The van der Waals surface area contributed by atoms with Gasteiger partial charge < -0.3 is 14.6 Å². The van der Waals surface area contributed by atoms with E-state index in [0.717, 1.165) is 48.4 Å². The van der Waals surface area contributed by atoms with Crippen LogP contribution in [0.1, 0.15) is 47.4 Å². The molecule has 1 aliphatic rings. The molecule has 0 aliphatic carbocycles. The Bertz CT molecular complexity index is 1280. The number of nitrogens with one attached hydrogen (secondary N) is 1. The van der Waals surface area contributed by atoms with Crippen LogP contribution in [0.15, 0.2) is 54.7 Å². The van der Waals surface area contributed by atoms with Crippen molar-refractivity contribution in [3.63, 3.8) is 0 Å². The molecular formula is C26H27N5O2. The summed E-state index contributed by atoms with van der Waals surface area (Å²) in [6.07, 6.45) is 3.44. The summed E-state index contributed by atoms with van der Waals surface area (Å²) in [5, 5.41) is 0. The molecule has 0 unspecified atom stereocenters. The maximum atomic E-state index is 12.6. The maximum absolute atomic E-state index is 12.6. The highest BCUT2D eigenvalue weighted by Crippen LogP contribution is 2.32. The van der Waals surface area contributed by atoms with E-state index in [9.17, 15) is 4.79 Å². The molecule has 1 aliphatic heterocycles. The molecule has 0 atom stereocenters. The molecule has 0 radical (unpaired) electrons. The summed E-state index contributed by atoms with van der Waals surface area (Å²) in [6, 6.07) is 16.1. The first-order chi connectivity index (χ1) is 16.1. The Morgan fingerprint density at radius 1 is 1.12 bits per heavy atom. The number of carbonyl (C=O) groups excluding carboxylic acids is 1. The van der Waals surface area contributed by atoms with Crippen LogP contribution in [0.5, 0.6) is 0 Å². The monoisotopic (exact) mass is 441 g/mol. The molecule has 4 aromatic rings. The molecule has 0 spiro atoms. The first-order valence-electron chi connectivity index (χ1n) is 11.4. The van der Waals surface area contributed by atoms with Crippen LogP contribution < -0.4 is 4.90 Å². The van der Waals surface area contributed by atoms with Gasteiger partial charge >= 0.3 is 5.97 Å². The highest BCUT2D eigenvalue weighted by atomic mass is 16.5. The molecule has 0 bridgehead atoms. The molecule has 1 saturated heterocycles. The van der Waals surface area contributed by atoms with E-state index in [2.05, 4.69) is 40.0 Å². The van der Waals surface area contributed by atoms with E-state index in [0.29, 0.717) is 29.7 Å². The van der Waals surface area contributed by atoms with Crippen molar-refractivity contribution in [2.24, 2.45) is 0 Å². The van der Waals surface area contributed by atoms with Crippen molar-refractivity contribution in [3.05, 3.63) is 71.7 Å². The fourth-order valence-corrected chi connectivity index (χ4v) is 4.39. The molecule has 168 valence electrons. The molecule has 1 N–H and O–H groups in total. The SMILES string of the molecule is CCOC(=O)c1cnc(-c2ccccc2)nc1N1CCC(c2nc3ccc(C)cc3[nH]2)CC1. The minimum absolute atomic E-state index is 0.312. The molecule has 1 fully saturated rings. The lowest BCUT2D eigenvalue weighted by molar-refractivity contribution is 0.0526. The lowest BCUT2D eigenvalue weighted by Crippen LogP contribution is -2.35. The van der Waals surface area contributed by atoms with Crippen LogP contribution >= 0.6 is 0 Å². The van der Waals surface area contributed by atoms with Crippen LogP contribution in [0.3, 0.4) is 0 Å². The topological polar surface area (TPSA) is 84.0 Å². The van der Waals surface area contributed by atoms with Crippen LogP contribution in [0.2, 0.25) is 0 Å². The van der Waals surface area contributed by atoms with Crippen molar-refractivity contribution < 1.29 is 9.53 Å². The number of aryl methyl sites for hydroxylation is 1. The summed E-state index contributed by atoms with van der Waals surface area (Å²) < 4.78 is 5.28. The number of anilines is 1. The Balaban J connectivity index is 1.40. The Kier molecular flexibility index (Phi) is 5.77. The average Bonchev–Trinajstić information content (AvgIpc) is 3.28. The van der Waals surface area contributed by atoms with Crippen molar-refractivity contribution in [1.29, 1.82) is 0 Å². The van der Waals surface area contributed by atoms with E-state index in [1.165, 1.54) is 5.56 Å². The summed E-state index contributed by atoms with van der Waals surface area (Å²) >= 11 is 0. The Morgan fingerprint density at radius 2 is 1.91 bits per heavy atom. The van der Waals surface area contributed by atoms with Gasteiger partial charge in [0, 0.05) is 30.8 Å². The second-order valence-corrected chi connectivity index (χ2v) is 8.42. The van der Waals surface area contributed by atoms with E-state index >= 15 is 0 Å². The lowest BCUT2D eigenvalue weighted by atomic mass is 9.96. The number of ether oxygens (including phenoxy) is 1. The molecular weight excluding hydrogens is 414 g/mol. The summed E-state index contributed by atoms with van der Waals surface area (Å²) in [7, 11) is 0. The zero-order valence-electron chi connectivity index (χ0n) is 18.9. The molecule has 5 rings (SSSR count). The van der Waals surface area contributed by atoms with E-state index in [1.54, 1.807) is 13.1 Å². The minimum atomic E-state index is -0.387. The van der Waals surface area contributed by atoms with Crippen molar-refractivity contribution >= 4 is 22.8 Å². The number of benzene rings is 2. The van der Waals surface area contributed by atoms with Crippen LogP contribution in [0.25, 0.3) is 22.4 Å². The van der Waals surface area contributed by atoms with E-state index in [4.69, 9.17) is 14.7 Å². The third kappa shape index (κ3) is 4.31. The number of aromatic nitrogens is 4. The summed E-state index contributed by atoms with van der Waals surface area (Å²) in [4.78, 5) is 32.4. The lowest BCUT2D eigenvalue weighted by Gasteiger charge is -2.33. The highest BCUT2D eigenvalue weighted by molar-refractivity contribution is 5.95. The van der Waals surface area contributed by atoms with Gasteiger partial charge in [-0.15, -0.1) is 0 Å². The van der Waals surface area contributed by atoms with Gasteiger partial charge in [-0.3, -0.25) is 0 Å². The largest absolute Gasteiger partial charge is 0.462 e. The van der Waals surface area contributed by atoms with Crippen LogP contribution in [-0.2, 0) is 4.74 Å². The highest BCUT2D eigenvalue weighted by Gasteiger charge is 2.28. The predicted molar refractivity (Wildman–Crippen MR) is 128 cm³/mol. The van der Waals surface area contributed by atoms with Crippen molar-refractivity contribution in [2.75, 3.05) is 24.6 Å². The number of aromatic amines is 1. The zero-order chi connectivity index (χ0) is 22.8. The molecule has 0 saturated carbocycles. The maximum Gasteiger partial charge on any atom is 0.343 e. The molecule has 3 heterocycles.